The third kappa shape index (κ3) is 5.40. The average Bonchev–Trinajstić information content (AvgIpc) is 3.02. The Kier molecular flexibility index (Phi) is 7.42. The lowest BCUT2D eigenvalue weighted by Gasteiger charge is -2.33. The van der Waals surface area contributed by atoms with Gasteiger partial charge >= 0.3 is 0 Å². The van der Waals surface area contributed by atoms with E-state index in [-0.39, 0.29) is 22.6 Å². The summed E-state index contributed by atoms with van der Waals surface area (Å²) in [5.74, 6) is -0.489. The van der Waals surface area contributed by atoms with Crippen molar-refractivity contribution in [1.82, 2.24) is 19.8 Å². The molecule has 1 saturated heterocycles. The van der Waals surface area contributed by atoms with E-state index in [4.69, 9.17) is 11.6 Å². The molecule has 1 aliphatic heterocycles. The number of halogens is 1. The highest BCUT2D eigenvalue weighted by Gasteiger charge is 2.30. The molecule has 0 spiro atoms. The van der Waals surface area contributed by atoms with Crippen LogP contribution in [0.3, 0.4) is 0 Å². The number of hydrogen-bond acceptors (Lipinski definition) is 6. The Balaban J connectivity index is 1.83. The maximum Gasteiger partial charge on any atom is 0.252 e. The molecule has 0 saturated carbocycles. The van der Waals surface area contributed by atoms with Gasteiger partial charge in [0.2, 0.25) is 11.8 Å². The number of thiophene rings is 1. The van der Waals surface area contributed by atoms with Crippen molar-refractivity contribution < 1.29 is 18.0 Å². The summed E-state index contributed by atoms with van der Waals surface area (Å²) in [4.78, 5) is 25.6. The van der Waals surface area contributed by atoms with Crippen molar-refractivity contribution in [2.24, 2.45) is 0 Å². The van der Waals surface area contributed by atoms with Crippen LogP contribution in [0.5, 0.6) is 0 Å². The fourth-order valence-electron chi connectivity index (χ4n) is 2.57. The normalized spacial score (nSPS) is 17.7. The van der Waals surface area contributed by atoms with Gasteiger partial charge in [-0.3, -0.25) is 14.5 Å². The molecule has 2 rings (SSSR count). The fourth-order valence-corrected chi connectivity index (χ4v) is 5.63. The first-order valence-electron chi connectivity index (χ1n) is 8.29. The van der Waals surface area contributed by atoms with Crippen LogP contribution in [-0.2, 0) is 19.6 Å². The number of nitrogens with one attached hydrogen (secondary N) is 2. The number of amides is 2. The standard InChI is InChI=1S/C15H23ClN4O4S2/c1-3-17-15(22)11(2)18-13(21)10-19-6-8-20(9-7-19)26(23,24)14-5-4-12(16)25-14/h4-5,11H,3,6-10H2,1-2H3,(H,17,22)(H,18,21)/t11-/m0/s1. The van der Waals surface area contributed by atoms with Gasteiger partial charge in [0.15, 0.2) is 0 Å². The van der Waals surface area contributed by atoms with Gasteiger partial charge in [-0.2, -0.15) is 4.31 Å². The van der Waals surface area contributed by atoms with Crippen molar-refractivity contribution in [3.8, 4) is 0 Å². The second-order valence-electron chi connectivity index (χ2n) is 5.92. The highest BCUT2D eigenvalue weighted by Crippen LogP contribution is 2.28. The number of piperazine rings is 1. The molecule has 146 valence electrons. The molecule has 8 nitrogen and oxygen atoms in total. The van der Waals surface area contributed by atoms with Crippen LogP contribution in [0.25, 0.3) is 0 Å². The summed E-state index contributed by atoms with van der Waals surface area (Å²) in [5, 5.41) is 5.29. The number of hydrogen-bond donors (Lipinski definition) is 2. The Morgan fingerprint density at radius 3 is 2.46 bits per heavy atom. The first-order chi connectivity index (χ1) is 12.2. The van der Waals surface area contributed by atoms with Crippen molar-refractivity contribution in [3.05, 3.63) is 16.5 Å². The number of rotatable bonds is 7. The van der Waals surface area contributed by atoms with E-state index >= 15 is 0 Å². The zero-order valence-electron chi connectivity index (χ0n) is 14.7. The van der Waals surface area contributed by atoms with Crippen LogP contribution in [0, 0.1) is 0 Å². The van der Waals surface area contributed by atoms with Crippen LogP contribution in [0.1, 0.15) is 13.8 Å². The van der Waals surface area contributed by atoms with E-state index in [1.54, 1.807) is 13.0 Å². The van der Waals surface area contributed by atoms with Crippen LogP contribution in [0.15, 0.2) is 16.3 Å². The van der Waals surface area contributed by atoms with Gasteiger partial charge in [0.05, 0.1) is 10.9 Å². The Morgan fingerprint density at radius 2 is 1.92 bits per heavy atom. The quantitative estimate of drug-likeness (QED) is 0.660. The molecule has 1 aromatic rings. The van der Waals surface area contributed by atoms with Crippen molar-refractivity contribution in [3.63, 3.8) is 0 Å². The number of likely N-dealkylation sites (N-methyl/N-ethyl adjacent to an activating group) is 1. The first-order valence-corrected chi connectivity index (χ1v) is 10.9. The monoisotopic (exact) mass is 422 g/mol. The summed E-state index contributed by atoms with van der Waals surface area (Å²) in [6.45, 7) is 5.56. The number of carbonyl (C=O) groups is 2. The van der Waals surface area contributed by atoms with Crippen LogP contribution < -0.4 is 10.6 Å². The maximum absolute atomic E-state index is 12.5. The summed E-state index contributed by atoms with van der Waals surface area (Å²) < 4.78 is 27.2. The minimum absolute atomic E-state index is 0.127. The van der Waals surface area contributed by atoms with E-state index < -0.39 is 16.1 Å². The third-order valence-corrected chi connectivity index (χ3v) is 7.56. The van der Waals surface area contributed by atoms with Gasteiger partial charge in [0, 0.05) is 32.7 Å². The predicted octanol–water partition coefficient (Wildman–Crippen LogP) is 0.349. The molecule has 0 aromatic carbocycles. The highest BCUT2D eigenvalue weighted by atomic mass is 35.5. The Morgan fingerprint density at radius 1 is 1.27 bits per heavy atom. The van der Waals surface area contributed by atoms with Gasteiger partial charge in [-0.1, -0.05) is 11.6 Å². The van der Waals surface area contributed by atoms with E-state index in [9.17, 15) is 18.0 Å². The van der Waals surface area contributed by atoms with Gasteiger partial charge in [-0.05, 0) is 26.0 Å². The number of sulfonamides is 1. The average molecular weight is 423 g/mol. The van der Waals surface area contributed by atoms with Crippen LogP contribution >= 0.6 is 22.9 Å². The molecule has 1 atom stereocenters. The van der Waals surface area contributed by atoms with Crippen molar-refractivity contribution in [2.45, 2.75) is 24.1 Å². The fraction of sp³-hybridized carbons (Fsp3) is 0.600. The van der Waals surface area contributed by atoms with Gasteiger partial charge in [-0.15, -0.1) is 11.3 Å². The molecule has 2 N–H and O–H groups in total. The third-order valence-electron chi connectivity index (χ3n) is 3.96. The molecule has 2 heterocycles. The zero-order chi connectivity index (χ0) is 19.3. The molecule has 0 unspecified atom stereocenters. The first kappa shape index (κ1) is 21.1. The molecule has 0 radical (unpaired) electrons. The summed E-state index contributed by atoms with van der Waals surface area (Å²) >= 11 is 6.86. The predicted molar refractivity (Wildman–Crippen MR) is 101 cm³/mol. The van der Waals surface area contributed by atoms with Crippen molar-refractivity contribution in [2.75, 3.05) is 39.3 Å². The molecular formula is C15H23ClN4O4S2. The molecule has 11 heteroatoms. The highest BCUT2D eigenvalue weighted by molar-refractivity contribution is 7.91. The number of nitrogens with zero attached hydrogens (tertiary/aromatic N) is 2. The molecule has 1 aromatic heterocycles. The van der Waals surface area contributed by atoms with Crippen LogP contribution in [0.2, 0.25) is 4.34 Å². The Labute approximate surface area is 162 Å². The minimum Gasteiger partial charge on any atom is -0.355 e. The Bertz CT molecular complexity index is 745. The molecule has 1 fully saturated rings. The summed E-state index contributed by atoms with van der Waals surface area (Å²) in [6.07, 6.45) is 0. The molecule has 1 aliphatic rings. The summed E-state index contributed by atoms with van der Waals surface area (Å²) in [7, 11) is -3.54. The van der Waals surface area contributed by atoms with E-state index in [0.29, 0.717) is 37.1 Å². The van der Waals surface area contributed by atoms with Gasteiger partial charge < -0.3 is 10.6 Å². The van der Waals surface area contributed by atoms with Gasteiger partial charge in [-0.25, -0.2) is 8.42 Å². The second-order valence-corrected chi connectivity index (χ2v) is 9.80. The van der Waals surface area contributed by atoms with E-state index in [1.807, 2.05) is 11.8 Å². The van der Waals surface area contributed by atoms with Gasteiger partial charge in [0.25, 0.3) is 10.0 Å². The molecule has 2 amide bonds. The molecule has 0 aliphatic carbocycles. The summed E-state index contributed by atoms with van der Waals surface area (Å²) in [5.41, 5.74) is 0. The van der Waals surface area contributed by atoms with E-state index in [1.165, 1.54) is 10.4 Å². The second kappa shape index (κ2) is 9.14. The largest absolute Gasteiger partial charge is 0.355 e. The van der Waals surface area contributed by atoms with E-state index in [2.05, 4.69) is 10.6 Å². The van der Waals surface area contributed by atoms with Crippen LogP contribution in [0.4, 0.5) is 0 Å². The van der Waals surface area contributed by atoms with Crippen LogP contribution in [-0.4, -0.2) is 74.7 Å². The lowest BCUT2D eigenvalue weighted by Crippen LogP contribution is -2.53. The maximum atomic E-state index is 12.5. The van der Waals surface area contributed by atoms with Crippen molar-refractivity contribution in [1.29, 1.82) is 0 Å². The lowest BCUT2D eigenvalue weighted by molar-refractivity contribution is -0.129. The smallest absolute Gasteiger partial charge is 0.252 e. The minimum atomic E-state index is -3.54. The molecule has 0 bridgehead atoms. The summed E-state index contributed by atoms with van der Waals surface area (Å²) in [6, 6.07) is 2.47. The van der Waals surface area contributed by atoms with E-state index in [0.717, 1.165) is 11.3 Å². The molecule has 26 heavy (non-hydrogen) atoms. The lowest BCUT2D eigenvalue weighted by atomic mass is 10.3. The molecular weight excluding hydrogens is 400 g/mol. The van der Waals surface area contributed by atoms with Crippen molar-refractivity contribution >= 4 is 44.8 Å². The van der Waals surface area contributed by atoms with Gasteiger partial charge in [0.1, 0.15) is 10.3 Å². The number of carbonyl (C=O) groups excluding carboxylic acids is 2. The Hall–Kier alpha value is -1.20. The SMILES string of the molecule is CCNC(=O)[C@H](C)NC(=O)CN1CCN(S(=O)(=O)c2ccc(Cl)s2)CC1. The topological polar surface area (TPSA) is 98.8 Å². The zero-order valence-corrected chi connectivity index (χ0v) is 17.1.